The van der Waals surface area contributed by atoms with Crippen molar-refractivity contribution in [3.05, 3.63) is 76.0 Å². The monoisotopic (exact) mass is 397 g/mol. The molecular weight excluding hydrogens is 385 g/mol. The van der Waals surface area contributed by atoms with Crippen LogP contribution in [0.25, 0.3) is 11.5 Å². The van der Waals surface area contributed by atoms with Crippen LogP contribution in [0.3, 0.4) is 0 Å². The van der Waals surface area contributed by atoms with Crippen LogP contribution in [0.2, 0.25) is 0 Å². The molecule has 146 valence electrons. The Labute approximate surface area is 161 Å². The van der Waals surface area contributed by atoms with Crippen LogP contribution in [-0.4, -0.2) is 39.2 Å². The van der Waals surface area contributed by atoms with Crippen molar-refractivity contribution in [2.45, 2.75) is 6.54 Å². The number of benzene rings is 2. The van der Waals surface area contributed by atoms with Crippen LogP contribution in [0.4, 0.5) is 4.39 Å². The summed E-state index contributed by atoms with van der Waals surface area (Å²) < 4.78 is 23.6. The number of rotatable bonds is 5. The van der Waals surface area contributed by atoms with Gasteiger partial charge in [0, 0.05) is 5.56 Å². The van der Waals surface area contributed by atoms with Crippen molar-refractivity contribution in [1.82, 2.24) is 14.7 Å². The van der Waals surface area contributed by atoms with E-state index in [0.29, 0.717) is 5.56 Å². The minimum atomic E-state index is -0.915. The fourth-order valence-electron chi connectivity index (χ4n) is 2.78. The molecule has 29 heavy (non-hydrogen) atoms. The maximum absolute atomic E-state index is 13.0. The standard InChI is InChI=1S/C19H12FN3O6/c20-12-7-5-11(6-8-12)16-21-23(19(27)29-16)9-15(24)28-10-22-17(25)13-3-1-2-4-14(13)18(22)26/h1-8H,9-10H2. The third-order valence-corrected chi connectivity index (χ3v) is 4.21. The molecule has 2 heterocycles. The second-order valence-electron chi connectivity index (χ2n) is 6.07. The van der Waals surface area contributed by atoms with Gasteiger partial charge in [0.25, 0.3) is 11.8 Å². The number of aromatic nitrogens is 2. The fourth-order valence-corrected chi connectivity index (χ4v) is 2.78. The SMILES string of the molecule is O=C(Cn1nc(-c2ccc(F)cc2)oc1=O)OCN1C(=O)c2ccccc2C1=O. The van der Waals surface area contributed by atoms with Gasteiger partial charge in [0.15, 0.2) is 6.73 Å². The molecule has 1 aliphatic heterocycles. The molecule has 0 unspecified atom stereocenters. The summed E-state index contributed by atoms with van der Waals surface area (Å²) in [5, 5.41) is 3.86. The molecule has 2 amide bonds. The predicted octanol–water partition coefficient (Wildman–Crippen LogP) is 1.44. The summed E-state index contributed by atoms with van der Waals surface area (Å²) in [6, 6.07) is 11.3. The second kappa shape index (κ2) is 7.15. The minimum Gasteiger partial charge on any atom is -0.442 e. The molecule has 3 aromatic rings. The van der Waals surface area contributed by atoms with E-state index in [1.165, 1.54) is 36.4 Å². The highest BCUT2D eigenvalue weighted by Crippen LogP contribution is 2.22. The van der Waals surface area contributed by atoms with Crippen LogP contribution in [0, 0.1) is 5.82 Å². The molecule has 0 spiro atoms. The Morgan fingerprint density at radius 1 is 1.00 bits per heavy atom. The van der Waals surface area contributed by atoms with Gasteiger partial charge in [-0.3, -0.25) is 9.59 Å². The van der Waals surface area contributed by atoms with Gasteiger partial charge in [0.1, 0.15) is 12.4 Å². The summed E-state index contributed by atoms with van der Waals surface area (Å²) in [5.74, 6) is -3.52. The van der Waals surface area contributed by atoms with Crippen molar-refractivity contribution in [2.24, 2.45) is 0 Å². The van der Waals surface area contributed by atoms with Gasteiger partial charge in [-0.25, -0.2) is 18.9 Å². The van der Waals surface area contributed by atoms with Crippen LogP contribution in [0.5, 0.6) is 0 Å². The summed E-state index contributed by atoms with van der Waals surface area (Å²) in [6.07, 6.45) is 0. The number of nitrogens with zero attached hydrogens (tertiary/aromatic N) is 3. The number of fused-ring (bicyclic) bond motifs is 1. The average Bonchev–Trinajstić information content (AvgIpc) is 3.19. The van der Waals surface area contributed by atoms with Gasteiger partial charge in [-0.2, -0.15) is 4.68 Å². The Morgan fingerprint density at radius 2 is 1.62 bits per heavy atom. The number of esters is 1. The molecule has 9 nitrogen and oxygen atoms in total. The predicted molar refractivity (Wildman–Crippen MR) is 94.1 cm³/mol. The van der Waals surface area contributed by atoms with Crippen LogP contribution < -0.4 is 5.76 Å². The van der Waals surface area contributed by atoms with E-state index in [1.54, 1.807) is 12.1 Å². The van der Waals surface area contributed by atoms with E-state index in [4.69, 9.17) is 9.15 Å². The highest BCUT2D eigenvalue weighted by Gasteiger charge is 2.35. The van der Waals surface area contributed by atoms with E-state index in [2.05, 4.69) is 5.10 Å². The molecule has 0 fully saturated rings. The van der Waals surface area contributed by atoms with E-state index >= 15 is 0 Å². The lowest BCUT2D eigenvalue weighted by molar-refractivity contribution is -0.147. The highest BCUT2D eigenvalue weighted by atomic mass is 19.1. The number of imide groups is 1. The molecular formula is C19H12FN3O6. The first-order valence-electron chi connectivity index (χ1n) is 8.39. The van der Waals surface area contributed by atoms with Gasteiger partial charge >= 0.3 is 11.7 Å². The zero-order valence-electron chi connectivity index (χ0n) is 14.7. The first kappa shape index (κ1) is 18.3. The summed E-state index contributed by atoms with van der Waals surface area (Å²) in [7, 11) is 0. The molecule has 0 saturated heterocycles. The summed E-state index contributed by atoms with van der Waals surface area (Å²) in [4.78, 5) is 49.1. The van der Waals surface area contributed by atoms with Crippen molar-refractivity contribution >= 4 is 17.8 Å². The van der Waals surface area contributed by atoms with Gasteiger partial charge in [-0.15, -0.1) is 5.10 Å². The molecule has 2 aromatic carbocycles. The number of halogens is 1. The quantitative estimate of drug-likeness (QED) is 0.473. The van der Waals surface area contributed by atoms with Crippen LogP contribution in [0.15, 0.2) is 57.7 Å². The topological polar surface area (TPSA) is 112 Å². The molecule has 0 saturated carbocycles. The highest BCUT2D eigenvalue weighted by molar-refractivity contribution is 6.21. The number of carbonyl (C=O) groups excluding carboxylic acids is 3. The first-order valence-corrected chi connectivity index (χ1v) is 8.39. The van der Waals surface area contributed by atoms with Crippen molar-refractivity contribution in [1.29, 1.82) is 0 Å². The van der Waals surface area contributed by atoms with E-state index in [1.807, 2.05) is 0 Å². The molecule has 10 heteroatoms. The van der Waals surface area contributed by atoms with Gasteiger partial charge < -0.3 is 9.15 Å². The minimum absolute atomic E-state index is 0.0943. The van der Waals surface area contributed by atoms with Gasteiger partial charge in [0.2, 0.25) is 5.89 Å². The van der Waals surface area contributed by atoms with Crippen molar-refractivity contribution < 1.29 is 27.9 Å². The van der Waals surface area contributed by atoms with Crippen molar-refractivity contribution in [3.8, 4) is 11.5 Å². The van der Waals surface area contributed by atoms with Gasteiger partial charge in [0.05, 0.1) is 11.1 Å². The van der Waals surface area contributed by atoms with Crippen molar-refractivity contribution in [2.75, 3.05) is 6.73 Å². The zero-order valence-corrected chi connectivity index (χ0v) is 14.7. The number of hydrogen-bond donors (Lipinski definition) is 0. The lowest BCUT2D eigenvalue weighted by Gasteiger charge is -2.13. The average molecular weight is 397 g/mol. The lowest BCUT2D eigenvalue weighted by atomic mass is 10.1. The van der Waals surface area contributed by atoms with Crippen LogP contribution >= 0.6 is 0 Å². The third kappa shape index (κ3) is 3.43. The summed E-state index contributed by atoms with van der Waals surface area (Å²) in [5.41, 5.74) is 0.803. The second-order valence-corrected chi connectivity index (χ2v) is 6.07. The first-order chi connectivity index (χ1) is 13.9. The molecule has 0 aliphatic carbocycles. The van der Waals surface area contributed by atoms with Gasteiger partial charge in [-0.05, 0) is 36.4 Å². The zero-order chi connectivity index (χ0) is 20.5. The molecule has 1 aliphatic rings. The molecule has 0 atom stereocenters. The van der Waals surface area contributed by atoms with Crippen LogP contribution in [-0.2, 0) is 16.1 Å². The Bertz CT molecular complexity index is 1150. The molecule has 1 aromatic heterocycles. The van der Waals surface area contributed by atoms with Crippen LogP contribution in [0.1, 0.15) is 20.7 Å². The van der Waals surface area contributed by atoms with E-state index < -0.39 is 42.6 Å². The molecule has 0 radical (unpaired) electrons. The summed E-state index contributed by atoms with van der Waals surface area (Å²) in [6.45, 7) is -1.19. The summed E-state index contributed by atoms with van der Waals surface area (Å²) >= 11 is 0. The van der Waals surface area contributed by atoms with Gasteiger partial charge in [-0.1, -0.05) is 12.1 Å². The fraction of sp³-hybridized carbons (Fsp3) is 0.105. The largest absolute Gasteiger partial charge is 0.442 e. The Balaban J connectivity index is 1.41. The number of amides is 2. The Morgan fingerprint density at radius 3 is 2.24 bits per heavy atom. The van der Waals surface area contributed by atoms with Crippen molar-refractivity contribution in [3.63, 3.8) is 0 Å². The number of hydrogen-bond acceptors (Lipinski definition) is 7. The number of carbonyl (C=O) groups is 3. The van der Waals surface area contributed by atoms with E-state index in [0.717, 1.165) is 9.58 Å². The smallest absolute Gasteiger partial charge is 0.437 e. The Hall–Kier alpha value is -4.08. The third-order valence-electron chi connectivity index (χ3n) is 4.21. The Kier molecular flexibility index (Phi) is 4.51. The number of ether oxygens (including phenoxy) is 1. The maximum Gasteiger partial charge on any atom is 0.437 e. The maximum atomic E-state index is 13.0. The van der Waals surface area contributed by atoms with E-state index in [-0.39, 0.29) is 17.0 Å². The molecule has 0 N–H and O–H groups in total. The molecule has 4 rings (SSSR count). The lowest BCUT2D eigenvalue weighted by Crippen LogP contribution is -2.34. The molecule has 0 bridgehead atoms. The normalized spacial score (nSPS) is 12.9. The van der Waals surface area contributed by atoms with E-state index in [9.17, 15) is 23.6 Å².